The molecule has 1 aromatic carbocycles. The Balaban J connectivity index is 2.38. The van der Waals surface area contributed by atoms with Crippen molar-refractivity contribution in [1.29, 1.82) is 5.26 Å². The highest BCUT2D eigenvalue weighted by atomic mass is 35.5. The van der Waals surface area contributed by atoms with Crippen LogP contribution in [0.15, 0.2) is 34.5 Å². The highest BCUT2D eigenvalue weighted by Crippen LogP contribution is 2.27. The zero-order valence-corrected chi connectivity index (χ0v) is 11.8. The quantitative estimate of drug-likeness (QED) is 0.851. The first kappa shape index (κ1) is 13.7. The lowest BCUT2D eigenvalue weighted by molar-refractivity contribution is 0.601. The Morgan fingerprint density at radius 1 is 1.37 bits per heavy atom. The summed E-state index contributed by atoms with van der Waals surface area (Å²) in [5.74, 6) is 0. The number of nitriles is 1. The fourth-order valence-corrected chi connectivity index (χ4v) is 3.57. The van der Waals surface area contributed by atoms with Gasteiger partial charge in [-0.1, -0.05) is 11.6 Å². The van der Waals surface area contributed by atoms with E-state index in [-0.39, 0.29) is 26.2 Å². The van der Waals surface area contributed by atoms with Crippen molar-refractivity contribution in [3.05, 3.63) is 40.2 Å². The Bertz CT molecular complexity index is 762. The molecule has 0 radical (unpaired) electrons. The summed E-state index contributed by atoms with van der Waals surface area (Å²) in [6, 6.07) is 7.47. The summed E-state index contributed by atoms with van der Waals surface area (Å²) in [5.41, 5.74) is 6.02. The molecule has 0 spiro atoms. The molecule has 98 valence electrons. The Labute approximate surface area is 119 Å². The maximum absolute atomic E-state index is 12.1. The molecule has 0 aliphatic rings. The molecule has 0 atom stereocenters. The van der Waals surface area contributed by atoms with Crippen LogP contribution in [-0.4, -0.2) is 8.42 Å². The first-order valence-corrected chi connectivity index (χ1v) is 7.73. The van der Waals surface area contributed by atoms with Gasteiger partial charge in [-0.2, -0.15) is 5.26 Å². The molecule has 1 aromatic heterocycles. The monoisotopic (exact) mass is 313 g/mol. The normalized spacial score (nSPS) is 10.9. The number of anilines is 2. The van der Waals surface area contributed by atoms with Crippen molar-refractivity contribution >= 4 is 43.6 Å². The third-order valence-electron chi connectivity index (χ3n) is 2.29. The van der Waals surface area contributed by atoms with Crippen molar-refractivity contribution in [2.24, 2.45) is 0 Å². The number of thiophene rings is 1. The zero-order chi connectivity index (χ0) is 14.0. The second kappa shape index (κ2) is 5.09. The van der Waals surface area contributed by atoms with Crippen LogP contribution in [0, 0.1) is 11.3 Å². The summed E-state index contributed by atoms with van der Waals surface area (Å²) in [5, 5.41) is 11.0. The molecule has 0 saturated heterocycles. The van der Waals surface area contributed by atoms with Gasteiger partial charge in [-0.05, 0) is 29.6 Å². The number of benzene rings is 1. The van der Waals surface area contributed by atoms with E-state index in [0.29, 0.717) is 0 Å². The molecular weight excluding hydrogens is 306 g/mol. The van der Waals surface area contributed by atoms with Crippen LogP contribution >= 0.6 is 22.9 Å². The number of nitrogens with zero attached hydrogens (tertiary/aromatic N) is 1. The third-order valence-corrected chi connectivity index (χ3v) is 4.94. The van der Waals surface area contributed by atoms with Crippen molar-refractivity contribution in [2.75, 3.05) is 10.5 Å². The van der Waals surface area contributed by atoms with Crippen molar-refractivity contribution in [1.82, 2.24) is 0 Å². The summed E-state index contributed by atoms with van der Waals surface area (Å²) in [6.07, 6.45) is 0. The van der Waals surface area contributed by atoms with Crippen LogP contribution in [0.25, 0.3) is 0 Å². The SMILES string of the molecule is N#Cc1ccsc1NS(=O)(=O)c1ccc(Cl)c(N)c1. The number of halogens is 1. The van der Waals surface area contributed by atoms with E-state index in [1.165, 1.54) is 18.2 Å². The maximum atomic E-state index is 12.1. The molecule has 0 unspecified atom stereocenters. The smallest absolute Gasteiger partial charge is 0.262 e. The minimum absolute atomic E-state index is 0.00769. The van der Waals surface area contributed by atoms with Crippen LogP contribution in [0.1, 0.15) is 5.56 Å². The van der Waals surface area contributed by atoms with E-state index in [1.54, 1.807) is 11.4 Å². The van der Waals surface area contributed by atoms with Crippen LogP contribution in [0.4, 0.5) is 10.7 Å². The maximum Gasteiger partial charge on any atom is 0.262 e. The number of nitrogens with two attached hydrogens (primary N) is 1. The van der Waals surface area contributed by atoms with Gasteiger partial charge in [0.05, 0.1) is 21.2 Å². The molecule has 8 heteroatoms. The molecule has 2 rings (SSSR count). The van der Waals surface area contributed by atoms with E-state index in [0.717, 1.165) is 11.3 Å². The minimum atomic E-state index is -3.78. The van der Waals surface area contributed by atoms with Crippen molar-refractivity contribution in [3.63, 3.8) is 0 Å². The predicted octanol–water partition coefficient (Wildman–Crippen LogP) is 2.66. The number of nitrogen functional groups attached to an aromatic ring is 1. The molecule has 0 saturated carbocycles. The van der Waals surface area contributed by atoms with Crippen LogP contribution in [-0.2, 0) is 10.0 Å². The number of nitrogens with one attached hydrogen (secondary N) is 1. The van der Waals surface area contributed by atoms with E-state index in [4.69, 9.17) is 22.6 Å². The molecule has 3 N–H and O–H groups in total. The van der Waals surface area contributed by atoms with Crippen molar-refractivity contribution in [3.8, 4) is 6.07 Å². The van der Waals surface area contributed by atoms with Crippen LogP contribution in [0.2, 0.25) is 5.02 Å². The fourth-order valence-electron chi connectivity index (χ4n) is 1.35. The summed E-state index contributed by atoms with van der Waals surface area (Å²) >= 11 is 6.87. The standard InChI is InChI=1S/C11H8ClN3O2S2/c12-9-2-1-8(5-10(9)14)19(16,17)15-11-7(6-13)3-4-18-11/h1-5,15H,14H2. The molecule has 0 aliphatic heterocycles. The average molecular weight is 314 g/mol. The van der Waals surface area contributed by atoms with E-state index >= 15 is 0 Å². The fraction of sp³-hybridized carbons (Fsp3) is 0. The highest BCUT2D eigenvalue weighted by molar-refractivity contribution is 7.93. The van der Waals surface area contributed by atoms with Crippen molar-refractivity contribution < 1.29 is 8.42 Å². The van der Waals surface area contributed by atoms with E-state index in [2.05, 4.69) is 4.72 Å². The lowest BCUT2D eigenvalue weighted by Crippen LogP contribution is -2.13. The van der Waals surface area contributed by atoms with Gasteiger partial charge in [-0.3, -0.25) is 4.72 Å². The summed E-state index contributed by atoms with van der Waals surface area (Å²) < 4.78 is 26.6. The molecule has 0 aliphatic carbocycles. The van der Waals surface area contributed by atoms with Crippen LogP contribution < -0.4 is 10.5 Å². The molecular formula is C11H8ClN3O2S2. The molecule has 19 heavy (non-hydrogen) atoms. The number of sulfonamides is 1. The zero-order valence-electron chi connectivity index (χ0n) is 9.42. The minimum Gasteiger partial charge on any atom is -0.397 e. The summed E-state index contributed by atoms with van der Waals surface area (Å²) in [4.78, 5) is -0.00769. The predicted molar refractivity (Wildman–Crippen MR) is 75.7 cm³/mol. The Morgan fingerprint density at radius 2 is 2.11 bits per heavy atom. The molecule has 0 fully saturated rings. The van der Waals surface area contributed by atoms with Crippen LogP contribution in [0.3, 0.4) is 0 Å². The number of rotatable bonds is 3. The summed E-state index contributed by atoms with van der Waals surface area (Å²) in [7, 11) is -3.78. The average Bonchev–Trinajstić information content (AvgIpc) is 2.79. The lowest BCUT2D eigenvalue weighted by Gasteiger charge is -2.07. The van der Waals surface area contributed by atoms with Crippen molar-refractivity contribution in [2.45, 2.75) is 4.90 Å². The second-order valence-electron chi connectivity index (χ2n) is 3.56. The number of hydrogen-bond donors (Lipinski definition) is 2. The largest absolute Gasteiger partial charge is 0.397 e. The molecule has 1 heterocycles. The van der Waals surface area contributed by atoms with Gasteiger partial charge < -0.3 is 5.73 Å². The lowest BCUT2D eigenvalue weighted by atomic mass is 10.3. The van der Waals surface area contributed by atoms with Gasteiger partial charge in [0.15, 0.2) is 0 Å². The summed E-state index contributed by atoms with van der Waals surface area (Å²) in [6.45, 7) is 0. The first-order valence-electron chi connectivity index (χ1n) is 4.99. The van der Waals surface area contributed by atoms with Gasteiger partial charge in [0.25, 0.3) is 10.0 Å². The Hall–Kier alpha value is -1.75. The van der Waals surface area contributed by atoms with Gasteiger partial charge in [0.2, 0.25) is 0 Å². The van der Waals surface area contributed by atoms with Gasteiger partial charge in [-0.25, -0.2) is 8.42 Å². The topological polar surface area (TPSA) is 96.0 Å². The van der Waals surface area contributed by atoms with Crippen LogP contribution in [0.5, 0.6) is 0 Å². The van der Waals surface area contributed by atoms with Gasteiger partial charge in [0, 0.05) is 0 Å². The first-order chi connectivity index (χ1) is 8.94. The third kappa shape index (κ3) is 2.81. The van der Waals surface area contributed by atoms with Gasteiger partial charge in [0.1, 0.15) is 11.1 Å². The molecule has 0 bridgehead atoms. The highest BCUT2D eigenvalue weighted by Gasteiger charge is 2.17. The Kier molecular flexibility index (Phi) is 3.66. The van der Waals surface area contributed by atoms with E-state index in [1.807, 2.05) is 6.07 Å². The second-order valence-corrected chi connectivity index (χ2v) is 6.57. The Morgan fingerprint density at radius 3 is 2.74 bits per heavy atom. The number of hydrogen-bond acceptors (Lipinski definition) is 5. The van der Waals surface area contributed by atoms with E-state index < -0.39 is 10.0 Å². The van der Waals surface area contributed by atoms with E-state index in [9.17, 15) is 8.42 Å². The molecule has 5 nitrogen and oxygen atoms in total. The molecule has 0 amide bonds. The van der Waals surface area contributed by atoms with Gasteiger partial charge >= 0.3 is 0 Å². The molecule has 2 aromatic rings. The van der Waals surface area contributed by atoms with Gasteiger partial charge in [-0.15, -0.1) is 11.3 Å².